The van der Waals surface area contributed by atoms with E-state index in [1.807, 2.05) is 21.1 Å². The molecule has 0 saturated heterocycles. The van der Waals surface area contributed by atoms with Crippen LogP contribution in [0.15, 0.2) is 60.8 Å². The van der Waals surface area contributed by atoms with Gasteiger partial charge in [-0.2, -0.15) is 0 Å². The number of carboxylic acids is 1. The van der Waals surface area contributed by atoms with E-state index in [0.717, 1.165) is 83.5 Å². The van der Waals surface area contributed by atoms with E-state index in [1.54, 1.807) is 0 Å². The smallest absolute Gasteiger partial charge is 0.306 e. The number of unbranched alkanes of at least 4 members (excludes halogenated alkanes) is 42. The molecule has 0 aromatic rings. The fraction of sp³-hybridized carbons (Fsp3) is 0.827. The van der Waals surface area contributed by atoms with Crippen LogP contribution in [0.4, 0.5) is 0 Å². The van der Waals surface area contributed by atoms with Crippen molar-refractivity contribution in [2.24, 2.45) is 0 Å². The van der Waals surface area contributed by atoms with Gasteiger partial charge in [-0.25, -0.2) is 0 Å². The number of carboxylic acid groups (broad SMARTS) is 1. The molecule has 0 amide bonds. The summed E-state index contributed by atoms with van der Waals surface area (Å²) < 4.78 is 22.8. The molecular formula is C75H137NO8. The minimum absolute atomic E-state index is 0.143. The fourth-order valence-electron chi connectivity index (χ4n) is 10.6. The third-order valence-electron chi connectivity index (χ3n) is 16.0. The minimum Gasteiger partial charge on any atom is -0.545 e. The average molecular weight is 1180 g/mol. The molecule has 2 unspecified atom stereocenters. The highest BCUT2D eigenvalue weighted by Crippen LogP contribution is 2.19. The second kappa shape index (κ2) is 66.0. The van der Waals surface area contributed by atoms with Gasteiger partial charge in [0.1, 0.15) is 13.2 Å². The number of hydrogen-bond acceptors (Lipinski definition) is 8. The lowest BCUT2D eigenvalue weighted by molar-refractivity contribution is -0.870. The van der Waals surface area contributed by atoms with E-state index >= 15 is 0 Å². The number of quaternary nitrogens is 1. The lowest BCUT2D eigenvalue weighted by Crippen LogP contribution is -2.44. The van der Waals surface area contributed by atoms with Crippen LogP contribution in [0.25, 0.3) is 0 Å². The van der Waals surface area contributed by atoms with Crippen molar-refractivity contribution in [1.82, 2.24) is 0 Å². The van der Waals surface area contributed by atoms with Crippen molar-refractivity contribution in [3.63, 3.8) is 0 Å². The molecule has 9 nitrogen and oxygen atoms in total. The maximum atomic E-state index is 12.9. The van der Waals surface area contributed by atoms with E-state index in [4.69, 9.17) is 18.9 Å². The highest BCUT2D eigenvalue weighted by Gasteiger charge is 2.22. The summed E-state index contributed by atoms with van der Waals surface area (Å²) >= 11 is 0. The maximum absolute atomic E-state index is 12.9. The third kappa shape index (κ3) is 66.5. The quantitative estimate of drug-likeness (QED) is 0.0195. The van der Waals surface area contributed by atoms with E-state index in [2.05, 4.69) is 74.6 Å². The van der Waals surface area contributed by atoms with Crippen LogP contribution in [0.3, 0.4) is 0 Å². The first-order valence-electron chi connectivity index (χ1n) is 35.9. The highest BCUT2D eigenvalue weighted by molar-refractivity contribution is 5.70. The van der Waals surface area contributed by atoms with Gasteiger partial charge in [0, 0.05) is 12.8 Å². The van der Waals surface area contributed by atoms with Crippen molar-refractivity contribution in [2.75, 3.05) is 47.5 Å². The standard InChI is InChI=1S/C75H137NO8/c1-6-8-10-12-14-16-18-20-22-24-26-28-29-30-31-32-33-34-35-36-37-38-39-40-41-42-43-44-46-47-49-51-53-55-57-59-61-63-65-72(77)82-69-71(70-83-75(74(79)80)81-68-67-76(3,4)5)84-73(78)66-64-62-60-58-56-54-52-50-48-45-27-25-23-21-19-17-15-13-11-9-7-2/h9,11,15,17,21,23,27,45,50,52,71,75H,6-8,10,12-14,16,18-20,22,24-26,28-44,46-49,51,53-70H2,1-5H3/b11-9-,17-15-,23-21-,45-27-,52-50-. The number of allylic oxidation sites excluding steroid dienone is 10. The molecule has 2 atom stereocenters. The number of ether oxygens (including phenoxy) is 4. The first-order chi connectivity index (χ1) is 41.1. The Morgan fingerprint density at radius 2 is 0.679 bits per heavy atom. The van der Waals surface area contributed by atoms with E-state index in [0.29, 0.717) is 17.4 Å². The number of rotatable bonds is 67. The number of hydrogen-bond donors (Lipinski definition) is 0. The molecule has 0 N–H and O–H groups in total. The van der Waals surface area contributed by atoms with E-state index < -0.39 is 24.3 Å². The number of carbonyl (C=O) groups excluding carboxylic acids is 3. The summed E-state index contributed by atoms with van der Waals surface area (Å²) in [5.41, 5.74) is 0. The fourth-order valence-corrected chi connectivity index (χ4v) is 10.6. The van der Waals surface area contributed by atoms with Gasteiger partial charge in [0.05, 0.1) is 40.3 Å². The van der Waals surface area contributed by atoms with Crippen molar-refractivity contribution in [3.8, 4) is 0 Å². The highest BCUT2D eigenvalue weighted by atomic mass is 16.7. The molecule has 0 heterocycles. The van der Waals surface area contributed by atoms with Crippen LogP contribution in [0, 0.1) is 0 Å². The van der Waals surface area contributed by atoms with E-state index in [-0.39, 0.29) is 38.6 Å². The first kappa shape index (κ1) is 81.0. The predicted molar refractivity (Wildman–Crippen MR) is 357 cm³/mol. The monoisotopic (exact) mass is 1180 g/mol. The van der Waals surface area contributed by atoms with Crippen LogP contribution in [0.5, 0.6) is 0 Å². The SMILES string of the molecule is CC/C=C\C/C=C\C/C=C\C/C=C\C/C=C\CCCCCCCC(=O)OC(COC(=O)CCCCCCCCCCCCCCCCCCCCCCCCCCCCCCCCCCCCCCCC)COC(OCC[N+](C)(C)C)C(=O)[O-]. The van der Waals surface area contributed by atoms with Gasteiger partial charge in [-0.15, -0.1) is 0 Å². The molecule has 84 heavy (non-hydrogen) atoms. The van der Waals surface area contributed by atoms with E-state index in [9.17, 15) is 19.5 Å². The van der Waals surface area contributed by atoms with Gasteiger partial charge >= 0.3 is 11.9 Å². The molecule has 0 fully saturated rings. The molecule has 0 spiro atoms. The average Bonchev–Trinajstić information content (AvgIpc) is 3.55. The summed E-state index contributed by atoms with van der Waals surface area (Å²) in [6.07, 6.45) is 83.4. The van der Waals surface area contributed by atoms with Gasteiger partial charge in [0.2, 0.25) is 0 Å². The van der Waals surface area contributed by atoms with Crippen molar-refractivity contribution in [2.45, 2.75) is 354 Å². The van der Waals surface area contributed by atoms with Crippen LogP contribution in [0.1, 0.15) is 341 Å². The molecule has 490 valence electrons. The summed E-state index contributed by atoms with van der Waals surface area (Å²) in [5, 5.41) is 11.8. The number of aliphatic carboxylic acids is 1. The summed E-state index contributed by atoms with van der Waals surface area (Å²) in [5.74, 6) is -2.30. The Hall–Kier alpha value is -3.01. The zero-order valence-corrected chi connectivity index (χ0v) is 56.0. The Morgan fingerprint density at radius 3 is 1.01 bits per heavy atom. The van der Waals surface area contributed by atoms with Gasteiger partial charge < -0.3 is 33.3 Å². The van der Waals surface area contributed by atoms with Crippen molar-refractivity contribution < 1.29 is 42.9 Å². The summed E-state index contributed by atoms with van der Waals surface area (Å²) in [4.78, 5) is 37.4. The van der Waals surface area contributed by atoms with Gasteiger partial charge in [0.15, 0.2) is 12.4 Å². The number of likely N-dealkylation sites (N-methyl/N-ethyl adjacent to an activating group) is 1. The van der Waals surface area contributed by atoms with Crippen LogP contribution in [0.2, 0.25) is 0 Å². The van der Waals surface area contributed by atoms with Crippen LogP contribution in [-0.2, 0) is 33.3 Å². The van der Waals surface area contributed by atoms with Crippen molar-refractivity contribution in [3.05, 3.63) is 60.8 Å². The molecule has 0 aliphatic rings. The van der Waals surface area contributed by atoms with Crippen LogP contribution in [-0.4, -0.2) is 82.3 Å². The lowest BCUT2D eigenvalue weighted by Gasteiger charge is -2.26. The topological polar surface area (TPSA) is 111 Å². The van der Waals surface area contributed by atoms with Gasteiger partial charge in [0.25, 0.3) is 0 Å². The molecule has 0 aliphatic heterocycles. The predicted octanol–water partition coefficient (Wildman–Crippen LogP) is 21.0. The number of nitrogens with zero attached hydrogens (tertiary/aromatic N) is 1. The largest absolute Gasteiger partial charge is 0.545 e. The van der Waals surface area contributed by atoms with E-state index in [1.165, 1.54) is 225 Å². The number of esters is 2. The summed E-state index contributed by atoms with van der Waals surface area (Å²) in [6.45, 7) is 4.66. The zero-order chi connectivity index (χ0) is 61.2. The molecule has 9 heteroatoms. The minimum atomic E-state index is -1.63. The Kier molecular flexibility index (Phi) is 63.6. The lowest BCUT2D eigenvalue weighted by atomic mass is 10.0. The zero-order valence-electron chi connectivity index (χ0n) is 56.0. The van der Waals surface area contributed by atoms with Crippen LogP contribution >= 0.6 is 0 Å². The molecular weight excluding hydrogens is 1040 g/mol. The first-order valence-corrected chi connectivity index (χ1v) is 35.9. The molecule has 0 saturated carbocycles. The Morgan fingerprint density at radius 1 is 0.369 bits per heavy atom. The molecule has 0 rings (SSSR count). The maximum Gasteiger partial charge on any atom is 0.306 e. The second-order valence-corrected chi connectivity index (χ2v) is 25.5. The van der Waals surface area contributed by atoms with Crippen molar-refractivity contribution >= 4 is 17.9 Å². The summed E-state index contributed by atoms with van der Waals surface area (Å²) in [6, 6.07) is 0. The van der Waals surface area contributed by atoms with Crippen molar-refractivity contribution in [1.29, 1.82) is 0 Å². The molecule has 0 aromatic heterocycles. The molecule has 0 aromatic carbocycles. The Labute approximate surface area is 520 Å². The molecule has 0 aliphatic carbocycles. The van der Waals surface area contributed by atoms with Gasteiger partial charge in [-0.05, 0) is 57.8 Å². The van der Waals surface area contributed by atoms with Gasteiger partial charge in [-0.3, -0.25) is 9.59 Å². The normalized spacial score (nSPS) is 13.0. The summed E-state index contributed by atoms with van der Waals surface area (Å²) in [7, 11) is 5.93. The Balaban J connectivity index is 3.99. The van der Waals surface area contributed by atoms with Gasteiger partial charge in [-0.1, -0.05) is 331 Å². The molecule has 0 bridgehead atoms. The van der Waals surface area contributed by atoms with Crippen LogP contribution < -0.4 is 5.11 Å². The number of carbonyl (C=O) groups is 3. The Bertz CT molecular complexity index is 1560. The third-order valence-corrected chi connectivity index (χ3v) is 16.0. The second-order valence-electron chi connectivity index (χ2n) is 25.5. The molecule has 0 radical (unpaired) electrons.